The third kappa shape index (κ3) is 5.03. The van der Waals surface area contributed by atoms with E-state index in [-0.39, 0.29) is 12.5 Å². The van der Waals surface area contributed by atoms with Crippen molar-refractivity contribution < 1.29 is 23.5 Å². The van der Waals surface area contributed by atoms with E-state index in [1.807, 2.05) is 6.92 Å². The molecule has 1 fully saturated rings. The Bertz CT molecular complexity index is 771. The number of nitrogens with zero attached hydrogens (tertiary/aromatic N) is 4. The van der Waals surface area contributed by atoms with Gasteiger partial charge in [-0.15, -0.1) is 0 Å². The van der Waals surface area contributed by atoms with Crippen LogP contribution in [-0.2, 0) is 14.3 Å². The van der Waals surface area contributed by atoms with Crippen molar-refractivity contribution in [1.29, 1.82) is 0 Å². The first-order chi connectivity index (χ1) is 13.9. The molecule has 1 unspecified atom stereocenters. The topological polar surface area (TPSA) is 86.7 Å². The van der Waals surface area contributed by atoms with Crippen LogP contribution in [0.15, 0.2) is 28.8 Å². The second-order valence-electron chi connectivity index (χ2n) is 6.75. The van der Waals surface area contributed by atoms with Gasteiger partial charge in [0.1, 0.15) is 18.3 Å². The molecule has 0 aromatic carbocycles. The van der Waals surface area contributed by atoms with Crippen LogP contribution in [0.4, 0.5) is 9.18 Å². The monoisotopic (exact) mass is 425 g/mol. The lowest BCUT2D eigenvalue weighted by molar-refractivity contribution is -0.119. The van der Waals surface area contributed by atoms with Gasteiger partial charge < -0.3 is 19.7 Å². The number of hydrogen-bond donors (Lipinski definition) is 1. The van der Waals surface area contributed by atoms with Crippen molar-refractivity contribution in [3.05, 3.63) is 23.7 Å². The summed E-state index contributed by atoms with van der Waals surface area (Å²) in [6.45, 7) is 5.21. The molecule has 2 atom stereocenters. The number of carbonyl (C=O) groups is 2. The molecule has 1 N–H and O–H groups in total. The number of thiocarbonyl (C=S) groups is 1. The number of amides is 2. The van der Waals surface area contributed by atoms with Gasteiger partial charge in [0.25, 0.3) is 5.17 Å². The standard InChI is InChI=1S/C18H24FN5O4S/c1-3-27-18(29)24-7-6-22(11-21-24)16-5-4-13(8-15(16)19)23-10-14(28-17(23)26)9-20-12(2)25/h5,8,11,13-14H,3-4,6-7,9-10H2,1-2H3,(H,20,25)/t13?,14-/m0/s1. The molecule has 2 amide bonds. The Hall–Kier alpha value is -2.69. The average molecular weight is 425 g/mol. The molecule has 0 aromatic rings. The van der Waals surface area contributed by atoms with Crippen molar-refractivity contribution in [2.45, 2.75) is 32.4 Å². The van der Waals surface area contributed by atoms with Gasteiger partial charge in [0, 0.05) is 13.5 Å². The van der Waals surface area contributed by atoms with E-state index >= 15 is 0 Å². The van der Waals surface area contributed by atoms with E-state index in [9.17, 15) is 14.0 Å². The lowest BCUT2D eigenvalue weighted by atomic mass is 10.0. The quantitative estimate of drug-likeness (QED) is 0.665. The highest BCUT2D eigenvalue weighted by atomic mass is 32.1. The highest BCUT2D eigenvalue weighted by Crippen LogP contribution is 2.28. The van der Waals surface area contributed by atoms with E-state index in [2.05, 4.69) is 10.4 Å². The summed E-state index contributed by atoms with van der Waals surface area (Å²) in [4.78, 5) is 26.3. The summed E-state index contributed by atoms with van der Waals surface area (Å²) >= 11 is 5.12. The number of hydrogen-bond acceptors (Lipinski definition) is 7. The van der Waals surface area contributed by atoms with Crippen molar-refractivity contribution in [3.8, 4) is 0 Å². The van der Waals surface area contributed by atoms with Crippen LogP contribution in [0.3, 0.4) is 0 Å². The van der Waals surface area contributed by atoms with E-state index in [1.54, 1.807) is 16.0 Å². The van der Waals surface area contributed by atoms with Gasteiger partial charge in [-0.05, 0) is 31.6 Å². The normalized spacial score (nSPS) is 24.1. The molecule has 0 bridgehead atoms. The highest BCUT2D eigenvalue weighted by molar-refractivity contribution is 7.80. The number of carbonyl (C=O) groups excluding carboxylic acids is 2. The fraction of sp³-hybridized carbons (Fsp3) is 0.556. The van der Waals surface area contributed by atoms with Crippen LogP contribution in [0.2, 0.25) is 0 Å². The number of nitrogens with one attached hydrogen (secondary N) is 1. The van der Waals surface area contributed by atoms with Crippen LogP contribution in [0.5, 0.6) is 0 Å². The maximum atomic E-state index is 14.8. The smallest absolute Gasteiger partial charge is 0.410 e. The Morgan fingerprint density at radius 1 is 1.48 bits per heavy atom. The molecule has 0 aromatic heterocycles. The zero-order valence-electron chi connectivity index (χ0n) is 16.3. The molecule has 9 nitrogen and oxygen atoms in total. The number of halogens is 1. The minimum absolute atomic E-state index is 0.195. The third-order valence-electron chi connectivity index (χ3n) is 4.69. The van der Waals surface area contributed by atoms with Crippen molar-refractivity contribution in [3.63, 3.8) is 0 Å². The zero-order chi connectivity index (χ0) is 21.0. The van der Waals surface area contributed by atoms with Gasteiger partial charge in [-0.3, -0.25) is 9.69 Å². The van der Waals surface area contributed by atoms with Gasteiger partial charge in [0.2, 0.25) is 5.91 Å². The first-order valence-corrected chi connectivity index (χ1v) is 9.84. The molecule has 1 saturated heterocycles. The van der Waals surface area contributed by atoms with Gasteiger partial charge in [-0.25, -0.2) is 14.2 Å². The van der Waals surface area contributed by atoms with Gasteiger partial charge in [-0.1, -0.05) is 6.08 Å². The number of cyclic esters (lactones) is 1. The highest BCUT2D eigenvalue weighted by Gasteiger charge is 2.37. The van der Waals surface area contributed by atoms with Crippen LogP contribution in [-0.4, -0.2) is 83.3 Å². The van der Waals surface area contributed by atoms with Crippen molar-refractivity contribution in [1.82, 2.24) is 20.1 Å². The van der Waals surface area contributed by atoms with E-state index in [0.717, 1.165) is 0 Å². The summed E-state index contributed by atoms with van der Waals surface area (Å²) < 4.78 is 25.3. The Morgan fingerprint density at radius 2 is 2.28 bits per heavy atom. The molecule has 3 rings (SSSR count). The van der Waals surface area contributed by atoms with Crippen LogP contribution in [0.25, 0.3) is 0 Å². The Morgan fingerprint density at radius 3 is 2.90 bits per heavy atom. The molecule has 2 aliphatic heterocycles. The Labute approximate surface area is 173 Å². The van der Waals surface area contributed by atoms with Crippen LogP contribution < -0.4 is 5.32 Å². The average Bonchev–Trinajstić information content (AvgIpc) is 3.07. The Kier molecular flexibility index (Phi) is 6.68. The number of ether oxygens (including phenoxy) is 2. The fourth-order valence-electron chi connectivity index (χ4n) is 3.26. The van der Waals surface area contributed by atoms with E-state index in [4.69, 9.17) is 21.7 Å². The summed E-state index contributed by atoms with van der Waals surface area (Å²) in [7, 11) is 0. The van der Waals surface area contributed by atoms with Crippen LogP contribution in [0.1, 0.15) is 20.3 Å². The molecular weight excluding hydrogens is 401 g/mol. The largest absolute Gasteiger partial charge is 0.470 e. The number of rotatable bonds is 5. The molecule has 11 heteroatoms. The number of hydrazone groups is 1. The van der Waals surface area contributed by atoms with E-state index < -0.39 is 24.1 Å². The second kappa shape index (κ2) is 9.21. The van der Waals surface area contributed by atoms with Crippen LogP contribution in [0, 0.1) is 0 Å². The van der Waals surface area contributed by atoms with Crippen LogP contribution >= 0.6 is 12.2 Å². The number of allylic oxidation sites excluding steroid dienone is 1. The molecular formula is C18H24FN5O4S. The second-order valence-corrected chi connectivity index (χ2v) is 7.10. The van der Waals surface area contributed by atoms with Crippen molar-refractivity contribution >= 4 is 35.7 Å². The van der Waals surface area contributed by atoms with E-state index in [0.29, 0.717) is 43.5 Å². The summed E-state index contributed by atoms with van der Waals surface area (Å²) in [5, 5.41) is 8.67. The van der Waals surface area contributed by atoms with Gasteiger partial charge in [0.05, 0.1) is 38.0 Å². The summed E-state index contributed by atoms with van der Waals surface area (Å²) in [5.41, 5.74) is 0.411. The molecule has 0 spiro atoms. The zero-order valence-corrected chi connectivity index (χ0v) is 17.2. The molecule has 158 valence electrons. The lowest BCUT2D eigenvalue weighted by Crippen LogP contribution is -2.42. The molecule has 3 aliphatic rings. The fourth-order valence-corrected chi connectivity index (χ4v) is 3.52. The maximum absolute atomic E-state index is 14.8. The summed E-state index contributed by atoms with van der Waals surface area (Å²) in [6.07, 6.45) is 4.19. The van der Waals surface area contributed by atoms with E-state index in [1.165, 1.54) is 24.2 Å². The van der Waals surface area contributed by atoms with Crippen molar-refractivity contribution in [2.75, 3.05) is 32.8 Å². The van der Waals surface area contributed by atoms with Gasteiger partial charge >= 0.3 is 6.09 Å². The maximum Gasteiger partial charge on any atom is 0.410 e. The Balaban J connectivity index is 1.58. The van der Waals surface area contributed by atoms with Crippen molar-refractivity contribution in [2.24, 2.45) is 5.10 Å². The first kappa shape index (κ1) is 21.0. The van der Waals surface area contributed by atoms with Gasteiger partial charge in [-0.2, -0.15) is 5.10 Å². The molecule has 0 saturated carbocycles. The molecule has 0 radical (unpaired) electrons. The summed E-state index contributed by atoms with van der Waals surface area (Å²) in [5.74, 6) is -0.619. The minimum Gasteiger partial charge on any atom is -0.470 e. The lowest BCUT2D eigenvalue weighted by Gasteiger charge is -2.33. The predicted molar refractivity (Wildman–Crippen MR) is 107 cm³/mol. The predicted octanol–water partition coefficient (Wildman–Crippen LogP) is 1.34. The first-order valence-electron chi connectivity index (χ1n) is 9.43. The summed E-state index contributed by atoms with van der Waals surface area (Å²) in [6, 6.07) is -0.433. The minimum atomic E-state index is -0.508. The third-order valence-corrected chi connectivity index (χ3v) is 5.02. The molecule has 29 heavy (non-hydrogen) atoms. The SMILES string of the molecule is CCOC(=S)N1CCN(C2=CCC(N3C[C@H](CNC(C)=O)OC3=O)C=C2F)C=N1. The van der Waals surface area contributed by atoms with Gasteiger partial charge in [0.15, 0.2) is 0 Å². The molecule has 1 aliphatic carbocycles. The molecule has 2 heterocycles.